The highest BCUT2D eigenvalue weighted by Gasteiger charge is 2.27. The highest BCUT2D eigenvalue weighted by atomic mass is 32.2. The number of thioether (sulfide) groups is 1. The minimum Gasteiger partial charge on any atom is -0.422 e. The third-order valence-electron chi connectivity index (χ3n) is 7.55. The van der Waals surface area contributed by atoms with Crippen molar-refractivity contribution in [2.45, 2.75) is 82.2 Å². The lowest BCUT2D eigenvalue weighted by Gasteiger charge is -2.18. The zero-order valence-electron chi connectivity index (χ0n) is 19.6. The number of hydrogen-bond donors (Lipinski definition) is 0. The molecule has 6 rings (SSSR count). The fourth-order valence-electron chi connectivity index (χ4n) is 5.57. The van der Waals surface area contributed by atoms with E-state index >= 15 is 0 Å². The van der Waals surface area contributed by atoms with Crippen LogP contribution in [0.15, 0.2) is 37.4 Å². The molecule has 3 aromatic heterocycles. The van der Waals surface area contributed by atoms with E-state index in [0.717, 1.165) is 82.4 Å². The van der Waals surface area contributed by atoms with Crippen molar-refractivity contribution in [2.24, 2.45) is 0 Å². The molecular weight excluding hydrogens is 464 g/mol. The molecule has 34 heavy (non-hydrogen) atoms. The lowest BCUT2D eigenvalue weighted by molar-refractivity contribution is 0.457. The minimum absolute atomic E-state index is 0.141. The van der Waals surface area contributed by atoms with E-state index < -0.39 is 0 Å². The number of thiophene rings is 1. The molecule has 1 saturated carbocycles. The second-order valence-corrected chi connectivity index (χ2v) is 11.7. The van der Waals surface area contributed by atoms with E-state index in [9.17, 15) is 9.59 Å². The van der Waals surface area contributed by atoms with Crippen molar-refractivity contribution in [1.82, 2.24) is 9.55 Å². The largest absolute Gasteiger partial charge is 0.422 e. The van der Waals surface area contributed by atoms with Gasteiger partial charge in [0, 0.05) is 28.1 Å². The molecule has 0 bridgehead atoms. The summed E-state index contributed by atoms with van der Waals surface area (Å²) >= 11 is 3.28. The second-order valence-electron chi connectivity index (χ2n) is 9.66. The summed E-state index contributed by atoms with van der Waals surface area (Å²) in [5.41, 5.74) is 4.74. The van der Waals surface area contributed by atoms with Crippen LogP contribution in [0.2, 0.25) is 0 Å². The molecule has 2 aliphatic rings. The Morgan fingerprint density at radius 2 is 1.91 bits per heavy atom. The smallest absolute Gasteiger partial charge is 0.336 e. The summed E-state index contributed by atoms with van der Waals surface area (Å²) in [7, 11) is 0. The van der Waals surface area contributed by atoms with Crippen LogP contribution in [0, 0.1) is 13.8 Å². The number of aromatic nitrogens is 2. The van der Waals surface area contributed by atoms with Gasteiger partial charge < -0.3 is 4.42 Å². The van der Waals surface area contributed by atoms with Crippen LogP contribution in [0.1, 0.15) is 71.7 Å². The van der Waals surface area contributed by atoms with Crippen molar-refractivity contribution in [2.75, 3.05) is 0 Å². The second kappa shape index (κ2) is 8.68. The van der Waals surface area contributed by atoms with E-state index in [1.807, 2.05) is 24.5 Å². The highest BCUT2D eigenvalue weighted by molar-refractivity contribution is 7.98. The molecule has 5 nitrogen and oxygen atoms in total. The van der Waals surface area contributed by atoms with Crippen LogP contribution < -0.4 is 11.2 Å². The van der Waals surface area contributed by atoms with Crippen molar-refractivity contribution >= 4 is 44.3 Å². The lowest BCUT2D eigenvalue weighted by atomic mass is 9.97. The van der Waals surface area contributed by atoms with Crippen LogP contribution in [0.4, 0.5) is 0 Å². The zero-order chi connectivity index (χ0) is 23.4. The molecule has 2 aliphatic carbocycles. The van der Waals surface area contributed by atoms with Gasteiger partial charge in [-0.2, -0.15) is 0 Å². The van der Waals surface area contributed by atoms with Gasteiger partial charge in [0.05, 0.1) is 5.39 Å². The molecule has 0 unspecified atom stereocenters. The Labute approximate surface area is 206 Å². The number of fused-ring (bicyclic) bond motifs is 4. The van der Waals surface area contributed by atoms with E-state index in [4.69, 9.17) is 9.40 Å². The highest BCUT2D eigenvalue weighted by Crippen LogP contribution is 2.38. The SMILES string of the molecule is Cc1ccc2c(CSc3nc4sc5c(c4c(=O)n3C3CCCC3)CCCC5)cc(=O)oc2c1C. The molecule has 4 aromatic rings. The summed E-state index contributed by atoms with van der Waals surface area (Å²) < 4.78 is 7.55. The third-order valence-corrected chi connectivity index (χ3v) is 9.74. The van der Waals surface area contributed by atoms with Crippen molar-refractivity contribution < 1.29 is 4.42 Å². The normalized spacial score (nSPS) is 16.5. The van der Waals surface area contributed by atoms with E-state index in [-0.39, 0.29) is 17.2 Å². The maximum absolute atomic E-state index is 13.9. The van der Waals surface area contributed by atoms with Crippen LogP contribution in [-0.4, -0.2) is 9.55 Å². The summed E-state index contributed by atoms with van der Waals surface area (Å²) in [4.78, 5) is 33.5. The zero-order valence-corrected chi connectivity index (χ0v) is 21.2. The molecule has 0 amide bonds. The first kappa shape index (κ1) is 22.1. The maximum atomic E-state index is 13.9. The summed E-state index contributed by atoms with van der Waals surface area (Å²) in [5.74, 6) is 0.570. The van der Waals surface area contributed by atoms with Crippen molar-refractivity contribution in [3.8, 4) is 0 Å². The molecule has 0 spiro atoms. The van der Waals surface area contributed by atoms with Gasteiger partial charge in [-0.3, -0.25) is 9.36 Å². The first-order chi connectivity index (χ1) is 16.5. The lowest BCUT2D eigenvalue weighted by Crippen LogP contribution is -2.26. The van der Waals surface area contributed by atoms with E-state index in [1.54, 1.807) is 29.2 Å². The average Bonchev–Trinajstić information content (AvgIpc) is 3.48. The maximum Gasteiger partial charge on any atom is 0.336 e. The number of hydrogen-bond acceptors (Lipinski definition) is 6. The molecule has 1 fully saturated rings. The fraction of sp³-hybridized carbons (Fsp3) is 0.444. The Morgan fingerprint density at radius 1 is 1.12 bits per heavy atom. The fourth-order valence-corrected chi connectivity index (χ4v) is 7.93. The molecule has 1 aromatic carbocycles. The molecule has 0 aliphatic heterocycles. The van der Waals surface area contributed by atoms with Crippen molar-refractivity contribution in [3.63, 3.8) is 0 Å². The molecule has 0 atom stereocenters. The third kappa shape index (κ3) is 3.64. The predicted molar refractivity (Wildman–Crippen MR) is 140 cm³/mol. The van der Waals surface area contributed by atoms with Crippen molar-refractivity contribution in [1.29, 1.82) is 0 Å². The van der Waals surface area contributed by atoms with Gasteiger partial charge in [-0.25, -0.2) is 9.78 Å². The van der Waals surface area contributed by atoms with E-state index in [1.165, 1.54) is 16.9 Å². The van der Waals surface area contributed by atoms with Gasteiger partial charge in [-0.15, -0.1) is 11.3 Å². The average molecular weight is 493 g/mol. The number of rotatable bonds is 4. The van der Waals surface area contributed by atoms with Gasteiger partial charge in [0.2, 0.25) is 0 Å². The summed E-state index contributed by atoms with van der Waals surface area (Å²) in [5, 5.41) is 2.61. The standard InChI is InChI=1S/C27H28N2O3S2/c1-15-11-12-19-17(13-22(30)32-24(19)16(15)2)14-33-27-28-25-23(20-9-5-6-10-21(20)34-25)26(31)29(27)18-7-3-4-8-18/h11-13,18H,3-10,14H2,1-2H3. The first-order valence-corrected chi connectivity index (χ1v) is 14.0. The van der Waals surface area contributed by atoms with Crippen molar-refractivity contribution in [3.05, 3.63) is 66.1 Å². The molecule has 0 N–H and O–H groups in total. The van der Waals surface area contributed by atoms with Crippen LogP contribution in [-0.2, 0) is 18.6 Å². The Hall–Kier alpha value is -2.38. The topological polar surface area (TPSA) is 65.1 Å². The van der Waals surface area contributed by atoms with Crippen LogP contribution in [0.5, 0.6) is 0 Å². The molecule has 176 valence electrons. The van der Waals surface area contributed by atoms with E-state index in [2.05, 4.69) is 6.07 Å². The van der Waals surface area contributed by atoms with Crippen LogP contribution >= 0.6 is 23.1 Å². The van der Waals surface area contributed by atoms with Gasteiger partial charge in [0.1, 0.15) is 10.4 Å². The van der Waals surface area contributed by atoms with Crippen LogP contribution in [0.3, 0.4) is 0 Å². The molecule has 0 saturated heterocycles. The van der Waals surface area contributed by atoms with Gasteiger partial charge >= 0.3 is 5.63 Å². The molecule has 3 heterocycles. The van der Waals surface area contributed by atoms with Gasteiger partial charge in [0.25, 0.3) is 5.56 Å². The minimum atomic E-state index is -0.334. The molecular formula is C27H28N2O3S2. The number of benzene rings is 1. The molecule has 7 heteroatoms. The van der Waals surface area contributed by atoms with E-state index in [0.29, 0.717) is 11.3 Å². The van der Waals surface area contributed by atoms with Crippen LogP contribution in [0.25, 0.3) is 21.2 Å². The first-order valence-electron chi connectivity index (χ1n) is 12.2. The van der Waals surface area contributed by atoms with Gasteiger partial charge in [-0.05, 0) is 74.6 Å². The summed E-state index contributed by atoms with van der Waals surface area (Å²) in [6.07, 6.45) is 8.78. The predicted octanol–water partition coefficient (Wildman–Crippen LogP) is 6.47. The Kier molecular flexibility index (Phi) is 5.65. The molecule has 0 radical (unpaired) electrons. The van der Waals surface area contributed by atoms with Gasteiger partial charge in [-0.1, -0.05) is 36.7 Å². The quantitative estimate of drug-likeness (QED) is 0.186. The Balaban J connectivity index is 1.46. The summed E-state index contributed by atoms with van der Waals surface area (Å²) in [6.45, 7) is 4.01. The summed E-state index contributed by atoms with van der Waals surface area (Å²) in [6, 6.07) is 5.91. The Bertz CT molecular complexity index is 1540. The number of nitrogens with zero attached hydrogens (tertiary/aromatic N) is 2. The van der Waals surface area contributed by atoms with Gasteiger partial charge in [0.15, 0.2) is 5.16 Å². The number of aryl methyl sites for hydroxylation is 4. The monoisotopic (exact) mass is 492 g/mol. The Morgan fingerprint density at radius 3 is 2.74 bits per heavy atom.